The molecule has 27 heavy (non-hydrogen) atoms. The van der Waals surface area contributed by atoms with Gasteiger partial charge in [0.05, 0.1) is 10.1 Å². The maximum absolute atomic E-state index is 13.1. The van der Waals surface area contributed by atoms with Crippen LogP contribution >= 0.6 is 11.6 Å². The summed E-state index contributed by atoms with van der Waals surface area (Å²) in [5, 5.41) is 2.51. The van der Waals surface area contributed by atoms with Gasteiger partial charge in [0, 0.05) is 24.7 Å². The van der Waals surface area contributed by atoms with E-state index in [1.807, 2.05) is 0 Å². The number of hydrogen-bond acceptors (Lipinski definition) is 3. The molecule has 0 saturated carbocycles. The van der Waals surface area contributed by atoms with E-state index in [0.717, 1.165) is 0 Å². The van der Waals surface area contributed by atoms with E-state index >= 15 is 0 Å². The standard InChI is InChI=1S/C19H20ClFN2O3S/c20-18-12-15(21)7-6-14(18)13-22-19(24)23-10-8-17(9-11-23)27(25,26)16-4-2-1-3-5-16/h1-7,12,17H,8-11,13H2,(H,22,24). The monoisotopic (exact) mass is 410 g/mol. The minimum absolute atomic E-state index is 0.181. The minimum atomic E-state index is -3.39. The zero-order chi connectivity index (χ0) is 19.4. The third-order valence-electron chi connectivity index (χ3n) is 4.68. The molecule has 3 rings (SSSR count). The second kappa shape index (κ2) is 8.27. The van der Waals surface area contributed by atoms with Crippen molar-refractivity contribution in [1.29, 1.82) is 0 Å². The number of nitrogens with one attached hydrogen (secondary N) is 1. The Balaban J connectivity index is 1.55. The highest BCUT2D eigenvalue weighted by atomic mass is 35.5. The van der Waals surface area contributed by atoms with Crippen LogP contribution in [0, 0.1) is 5.82 Å². The number of sulfone groups is 1. The number of benzene rings is 2. The molecule has 0 bridgehead atoms. The number of amides is 2. The molecule has 0 unspecified atom stereocenters. The lowest BCUT2D eigenvalue weighted by Crippen LogP contribution is -2.46. The number of carbonyl (C=O) groups is 1. The lowest BCUT2D eigenvalue weighted by molar-refractivity contribution is 0.186. The van der Waals surface area contributed by atoms with Crippen LogP contribution in [0.1, 0.15) is 18.4 Å². The molecule has 144 valence electrons. The van der Waals surface area contributed by atoms with E-state index in [4.69, 9.17) is 11.6 Å². The van der Waals surface area contributed by atoms with Crippen LogP contribution in [0.15, 0.2) is 53.4 Å². The van der Waals surface area contributed by atoms with Crippen molar-refractivity contribution < 1.29 is 17.6 Å². The van der Waals surface area contributed by atoms with Gasteiger partial charge in [0.2, 0.25) is 0 Å². The van der Waals surface area contributed by atoms with Crippen molar-refractivity contribution in [3.05, 3.63) is 64.9 Å². The van der Waals surface area contributed by atoms with Gasteiger partial charge in [0.15, 0.2) is 9.84 Å². The molecule has 1 heterocycles. The van der Waals surface area contributed by atoms with Crippen LogP contribution in [-0.4, -0.2) is 37.7 Å². The van der Waals surface area contributed by atoms with Gasteiger partial charge in [-0.15, -0.1) is 0 Å². The molecular formula is C19H20ClFN2O3S. The first-order chi connectivity index (χ1) is 12.9. The first kappa shape index (κ1) is 19.6. The fourth-order valence-electron chi connectivity index (χ4n) is 3.12. The molecule has 1 aliphatic rings. The number of carbonyl (C=O) groups excluding carboxylic acids is 1. The van der Waals surface area contributed by atoms with Crippen molar-refractivity contribution in [2.75, 3.05) is 13.1 Å². The SMILES string of the molecule is O=C(NCc1ccc(F)cc1Cl)N1CCC(S(=O)(=O)c2ccccc2)CC1. The molecule has 2 aromatic carbocycles. The summed E-state index contributed by atoms with van der Waals surface area (Å²) in [5.41, 5.74) is 0.618. The number of urea groups is 1. The first-order valence-electron chi connectivity index (χ1n) is 8.63. The van der Waals surface area contributed by atoms with Crippen LogP contribution in [0.3, 0.4) is 0 Å². The molecule has 1 saturated heterocycles. The predicted molar refractivity (Wildman–Crippen MR) is 102 cm³/mol. The minimum Gasteiger partial charge on any atom is -0.334 e. The lowest BCUT2D eigenvalue weighted by atomic mass is 10.1. The van der Waals surface area contributed by atoms with E-state index in [-0.39, 0.29) is 17.6 Å². The quantitative estimate of drug-likeness (QED) is 0.837. The zero-order valence-corrected chi connectivity index (χ0v) is 16.1. The summed E-state index contributed by atoms with van der Waals surface area (Å²) < 4.78 is 38.4. The molecule has 0 radical (unpaired) electrons. The highest BCUT2D eigenvalue weighted by Crippen LogP contribution is 2.24. The molecule has 0 aliphatic carbocycles. The molecule has 1 N–H and O–H groups in total. The number of halogens is 2. The third kappa shape index (κ3) is 4.59. The molecule has 1 aliphatic heterocycles. The molecule has 8 heteroatoms. The van der Waals surface area contributed by atoms with Gasteiger partial charge in [0.25, 0.3) is 0 Å². The maximum atomic E-state index is 13.1. The van der Waals surface area contributed by atoms with E-state index in [1.165, 1.54) is 18.2 Å². The maximum Gasteiger partial charge on any atom is 0.317 e. The second-order valence-electron chi connectivity index (χ2n) is 6.44. The Kier molecular flexibility index (Phi) is 6.01. The van der Waals surface area contributed by atoms with Gasteiger partial charge in [-0.1, -0.05) is 35.9 Å². The Morgan fingerprint density at radius 1 is 1.15 bits per heavy atom. The Morgan fingerprint density at radius 3 is 2.44 bits per heavy atom. The van der Waals surface area contributed by atoms with Crippen LogP contribution in [0.5, 0.6) is 0 Å². The molecule has 0 aromatic heterocycles. The van der Waals surface area contributed by atoms with Crippen LogP contribution in [0.4, 0.5) is 9.18 Å². The van der Waals surface area contributed by atoms with Gasteiger partial charge >= 0.3 is 6.03 Å². The Morgan fingerprint density at radius 2 is 1.81 bits per heavy atom. The van der Waals surface area contributed by atoms with Gasteiger partial charge in [0.1, 0.15) is 5.82 Å². The summed E-state index contributed by atoms with van der Waals surface area (Å²) in [6.45, 7) is 0.902. The Labute approximate surface area is 163 Å². The zero-order valence-electron chi connectivity index (χ0n) is 14.6. The predicted octanol–water partition coefficient (Wildman–Crippen LogP) is 3.63. The van der Waals surface area contributed by atoms with E-state index in [1.54, 1.807) is 35.2 Å². The average Bonchev–Trinajstić information content (AvgIpc) is 2.68. The molecule has 1 fully saturated rings. The summed E-state index contributed by atoms with van der Waals surface area (Å²) in [7, 11) is -3.39. The lowest BCUT2D eigenvalue weighted by Gasteiger charge is -2.31. The highest BCUT2D eigenvalue weighted by molar-refractivity contribution is 7.92. The fourth-order valence-corrected chi connectivity index (χ4v) is 5.11. The summed E-state index contributed by atoms with van der Waals surface area (Å²) in [5.74, 6) is -0.434. The van der Waals surface area contributed by atoms with Crippen molar-refractivity contribution in [1.82, 2.24) is 10.2 Å². The summed E-state index contributed by atoms with van der Waals surface area (Å²) in [4.78, 5) is 14.2. The number of nitrogens with zero attached hydrogens (tertiary/aromatic N) is 1. The van der Waals surface area contributed by atoms with E-state index < -0.39 is 20.9 Å². The van der Waals surface area contributed by atoms with Crippen molar-refractivity contribution in [2.45, 2.75) is 29.5 Å². The number of likely N-dealkylation sites (tertiary alicyclic amines) is 1. The van der Waals surface area contributed by atoms with Crippen molar-refractivity contribution >= 4 is 27.5 Å². The van der Waals surface area contributed by atoms with Crippen molar-refractivity contribution in [3.8, 4) is 0 Å². The molecule has 0 atom stereocenters. The smallest absolute Gasteiger partial charge is 0.317 e. The Hall–Kier alpha value is -2.12. The normalized spacial score (nSPS) is 15.6. The van der Waals surface area contributed by atoms with Gasteiger partial charge in [-0.2, -0.15) is 0 Å². The van der Waals surface area contributed by atoms with Crippen LogP contribution in [0.25, 0.3) is 0 Å². The number of rotatable bonds is 4. The largest absolute Gasteiger partial charge is 0.334 e. The van der Waals surface area contributed by atoms with Crippen LogP contribution in [0.2, 0.25) is 5.02 Å². The van der Waals surface area contributed by atoms with E-state index in [9.17, 15) is 17.6 Å². The number of hydrogen-bond donors (Lipinski definition) is 1. The summed E-state index contributed by atoms with van der Waals surface area (Å²) in [6, 6.07) is 12.1. The van der Waals surface area contributed by atoms with Gasteiger partial charge in [-0.25, -0.2) is 17.6 Å². The summed E-state index contributed by atoms with van der Waals surface area (Å²) in [6.07, 6.45) is 0.782. The van der Waals surface area contributed by atoms with Crippen molar-refractivity contribution in [3.63, 3.8) is 0 Å². The molecule has 5 nitrogen and oxygen atoms in total. The fraction of sp³-hybridized carbons (Fsp3) is 0.316. The van der Waals surface area contributed by atoms with Crippen LogP contribution < -0.4 is 5.32 Å². The first-order valence-corrected chi connectivity index (χ1v) is 10.6. The van der Waals surface area contributed by atoms with E-state index in [2.05, 4.69) is 5.32 Å². The highest BCUT2D eigenvalue weighted by Gasteiger charge is 2.32. The van der Waals surface area contributed by atoms with E-state index in [0.29, 0.717) is 36.4 Å². The second-order valence-corrected chi connectivity index (χ2v) is 9.07. The Bertz CT molecular complexity index is 914. The molecule has 0 spiro atoms. The molecule has 2 amide bonds. The molecule has 2 aromatic rings. The van der Waals surface area contributed by atoms with Crippen LogP contribution in [-0.2, 0) is 16.4 Å². The van der Waals surface area contributed by atoms with Gasteiger partial charge in [-0.05, 0) is 42.7 Å². The van der Waals surface area contributed by atoms with Gasteiger partial charge < -0.3 is 10.2 Å². The third-order valence-corrected chi connectivity index (χ3v) is 7.32. The summed E-state index contributed by atoms with van der Waals surface area (Å²) >= 11 is 5.95. The average molecular weight is 411 g/mol. The van der Waals surface area contributed by atoms with Crippen molar-refractivity contribution in [2.24, 2.45) is 0 Å². The topological polar surface area (TPSA) is 66.5 Å². The van der Waals surface area contributed by atoms with Gasteiger partial charge in [-0.3, -0.25) is 0 Å². The molecular weight excluding hydrogens is 391 g/mol. The number of piperidine rings is 1.